The van der Waals surface area contributed by atoms with E-state index < -0.39 is 0 Å². The van der Waals surface area contributed by atoms with Crippen LogP contribution in [0, 0.1) is 5.92 Å². The molecular formula is C12H21Br2NO. The third-order valence-corrected chi connectivity index (χ3v) is 4.69. The van der Waals surface area contributed by atoms with E-state index in [1.54, 1.807) is 0 Å². The zero-order valence-electron chi connectivity index (χ0n) is 9.82. The van der Waals surface area contributed by atoms with Gasteiger partial charge in [0, 0.05) is 12.5 Å². The zero-order chi connectivity index (χ0) is 10.8. The van der Waals surface area contributed by atoms with Gasteiger partial charge in [-0.3, -0.25) is 4.79 Å². The fourth-order valence-electron chi connectivity index (χ4n) is 3.09. The molecule has 0 aromatic rings. The average Bonchev–Trinajstić information content (AvgIpc) is 2.21. The summed E-state index contributed by atoms with van der Waals surface area (Å²) in [6, 6.07) is 0.667. The SMILES string of the molecule is Br.CCCN1CCC[C@@H]2CC(=O)C(Br)C[C@H]21. The van der Waals surface area contributed by atoms with Gasteiger partial charge < -0.3 is 4.90 Å². The molecule has 1 heterocycles. The molecule has 0 radical (unpaired) electrons. The molecule has 1 saturated carbocycles. The van der Waals surface area contributed by atoms with Crippen molar-refractivity contribution in [2.24, 2.45) is 5.92 Å². The molecule has 4 heteroatoms. The maximum atomic E-state index is 11.6. The van der Waals surface area contributed by atoms with Crippen LogP contribution < -0.4 is 0 Å². The van der Waals surface area contributed by atoms with E-state index in [2.05, 4.69) is 27.8 Å². The first-order valence-corrected chi connectivity index (χ1v) is 7.04. The zero-order valence-corrected chi connectivity index (χ0v) is 13.1. The van der Waals surface area contributed by atoms with Crippen molar-refractivity contribution in [3.63, 3.8) is 0 Å². The van der Waals surface area contributed by atoms with Crippen LogP contribution in [-0.4, -0.2) is 34.6 Å². The summed E-state index contributed by atoms with van der Waals surface area (Å²) in [7, 11) is 0. The normalized spacial score (nSPS) is 35.4. The molecule has 1 aliphatic carbocycles. The molecule has 2 rings (SSSR count). The van der Waals surface area contributed by atoms with Crippen molar-refractivity contribution in [1.29, 1.82) is 0 Å². The highest BCUT2D eigenvalue weighted by Gasteiger charge is 2.39. The first-order valence-electron chi connectivity index (χ1n) is 6.13. The van der Waals surface area contributed by atoms with Crippen molar-refractivity contribution < 1.29 is 4.79 Å². The van der Waals surface area contributed by atoms with Crippen molar-refractivity contribution >= 4 is 38.7 Å². The largest absolute Gasteiger partial charge is 0.300 e. The number of halogens is 2. The Kier molecular flexibility index (Phi) is 5.95. The van der Waals surface area contributed by atoms with E-state index in [1.165, 1.54) is 32.4 Å². The van der Waals surface area contributed by atoms with Crippen LogP contribution in [0.5, 0.6) is 0 Å². The van der Waals surface area contributed by atoms with Crippen LogP contribution >= 0.6 is 32.9 Å². The summed E-state index contributed by atoms with van der Waals surface area (Å²) in [5.74, 6) is 1.07. The van der Waals surface area contributed by atoms with E-state index in [4.69, 9.17) is 0 Å². The van der Waals surface area contributed by atoms with Crippen LogP contribution in [-0.2, 0) is 4.79 Å². The minimum atomic E-state index is 0. The van der Waals surface area contributed by atoms with Crippen LogP contribution in [0.4, 0.5) is 0 Å². The lowest BCUT2D eigenvalue weighted by atomic mass is 9.77. The van der Waals surface area contributed by atoms with Crippen LogP contribution in [0.1, 0.15) is 39.0 Å². The second kappa shape index (κ2) is 6.50. The van der Waals surface area contributed by atoms with Crippen molar-refractivity contribution in [3.8, 4) is 0 Å². The number of Topliss-reactive ketones (excluding diaryl/α,β-unsaturated/α-hetero) is 1. The lowest BCUT2D eigenvalue weighted by molar-refractivity contribution is -0.123. The van der Waals surface area contributed by atoms with E-state index in [9.17, 15) is 4.79 Å². The van der Waals surface area contributed by atoms with Gasteiger partial charge in [-0.2, -0.15) is 0 Å². The maximum Gasteiger partial charge on any atom is 0.146 e. The standard InChI is InChI=1S/C12H20BrNO.BrH/c1-2-5-14-6-3-4-9-7-12(15)10(13)8-11(9)14;/h9-11H,2-8H2,1H3;1H/t9-,10?,11-;/m1./s1. The Morgan fingerprint density at radius 1 is 1.50 bits per heavy atom. The van der Waals surface area contributed by atoms with Gasteiger partial charge in [0.15, 0.2) is 0 Å². The quantitative estimate of drug-likeness (QED) is 0.710. The van der Waals surface area contributed by atoms with E-state index in [0.717, 1.165) is 12.8 Å². The summed E-state index contributed by atoms with van der Waals surface area (Å²) in [6.07, 6.45) is 5.60. The van der Waals surface area contributed by atoms with Gasteiger partial charge in [-0.15, -0.1) is 17.0 Å². The average molecular weight is 355 g/mol. The molecule has 2 aliphatic rings. The van der Waals surface area contributed by atoms with Crippen molar-refractivity contribution in [3.05, 3.63) is 0 Å². The molecule has 0 amide bonds. The van der Waals surface area contributed by atoms with E-state index >= 15 is 0 Å². The molecule has 94 valence electrons. The second-order valence-electron chi connectivity index (χ2n) is 4.88. The number of hydrogen-bond donors (Lipinski definition) is 0. The van der Waals surface area contributed by atoms with E-state index in [-0.39, 0.29) is 21.8 Å². The highest BCUT2D eigenvalue weighted by Crippen LogP contribution is 2.36. The van der Waals surface area contributed by atoms with Gasteiger partial charge in [-0.05, 0) is 44.7 Å². The van der Waals surface area contributed by atoms with Crippen LogP contribution in [0.2, 0.25) is 0 Å². The molecule has 1 saturated heterocycles. The maximum absolute atomic E-state index is 11.6. The smallest absolute Gasteiger partial charge is 0.146 e. The molecule has 0 aromatic heterocycles. The lowest BCUT2D eigenvalue weighted by Crippen LogP contribution is -2.51. The number of fused-ring (bicyclic) bond motifs is 1. The third kappa shape index (κ3) is 3.08. The molecule has 16 heavy (non-hydrogen) atoms. The Bertz CT molecular complexity index is 245. The molecule has 2 fully saturated rings. The minimum absolute atomic E-state index is 0. The number of nitrogens with zero attached hydrogens (tertiary/aromatic N) is 1. The molecule has 3 atom stereocenters. The van der Waals surface area contributed by atoms with Gasteiger partial charge >= 0.3 is 0 Å². The Morgan fingerprint density at radius 2 is 2.25 bits per heavy atom. The number of carbonyl (C=O) groups excluding carboxylic acids is 1. The number of alkyl halides is 1. The van der Waals surface area contributed by atoms with E-state index in [1.807, 2.05) is 0 Å². The minimum Gasteiger partial charge on any atom is -0.300 e. The number of piperidine rings is 1. The topological polar surface area (TPSA) is 20.3 Å². The Labute approximate surface area is 117 Å². The monoisotopic (exact) mass is 353 g/mol. The molecule has 0 aromatic carbocycles. The van der Waals surface area contributed by atoms with Crippen LogP contribution in [0.3, 0.4) is 0 Å². The van der Waals surface area contributed by atoms with Gasteiger partial charge in [0.2, 0.25) is 0 Å². The lowest BCUT2D eigenvalue weighted by Gasteiger charge is -2.44. The summed E-state index contributed by atoms with van der Waals surface area (Å²) in [5, 5.41) is 0. The highest BCUT2D eigenvalue weighted by atomic mass is 79.9. The van der Waals surface area contributed by atoms with E-state index in [0.29, 0.717) is 17.7 Å². The third-order valence-electron chi connectivity index (χ3n) is 3.81. The number of rotatable bonds is 2. The van der Waals surface area contributed by atoms with Crippen LogP contribution in [0.25, 0.3) is 0 Å². The molecule has 0 bridgehead atoms. The van der Waals surface area contributed by atoms with Gasteiger partial charge in [-0.1, -0.05) is 22.9 Å². The molecular weight excluding hydrogens is 334 g/mol. The van der Waals surface area contributed by atoms with Gasteiger partial charge in [0.05, 0.1) is 4.83 Å². The molecule has 0 spiro atoms. The Hall–Kier alpha value is 0.590. The number of ketones is 1. The highest BCUT2D eigenvalue weighted by molar-refractivity contribution is 9.10. The predicted octanol–water partition coefficient (Wildman–Crippen LogP) is 3.18. The first-order chi connectivity index (χ1) is 7.22. The summed E-state index contributed by atoms with van der Waals surface area (Å²) in [4.78, 5) is 14.4. The molecule has 0 N–H and O–H groups in total. The fraction of sp³-hybridized carbons (Fsp3) is 0.917. The van der Waals surface area contributed by atoms with Crippen LogP contribution in [0.15, 0.2) is 0 Å². The summed E-state index contributed by atoms with van der Waals surface area (Å²) in [6.45, 7) is 4.68. The summed E-state index contributed by atoms with van der Waals surface area (Å²) in [5.41, 5.74) is 0. The second-order valence-corrected chi connectivity index (χ2v) is 5.98. The molecule has 2 nitrogen and oxygen atoms in total. The van der Waals surface area contributed by atoms with Gasteiger partial charge in [0.1, 0.15) is 5.78 Å². The van der Waals surface area contributed by atoms with Crippen molar-refractivity contribution in [1.82, 2.24) is 4.90 Å². The number of hydrogen-bond acceptors (Lipinski definition) is 2. The van der Waals surface area contributed by atoms with Crippen molar-refractivity contribution in [2.75, 3.05) is 13.1 Å². The van der Waals surface area contributed by atoms with Gasteiger partial charge in [-0.25, -0.2) is 0 Å². The first kappa shape index (κ1) is 14.7. The Balaban J connectivity index is 0.00000128. The number of likely N-dealkylation sites (tertiary alicyclic amines) is 1. The predicted molar refractivity (Wildman–Crippen MR) is 75.7 cm³/mol. The van der Waals surface area contributed by atoms with Crippen molar-refractivity contribution in [2.45, 2.75) is 49.9 Å². The summed E-state index contributed by atoms with van der Waals surface area (Å²) >= 11 is 3.52. The number of carbonyl (C=O) groups is 1. The van der Waals surface area contributed by atoms with Gasteiger partial charge in [0.25, 0.3) is 0 Å². The fourth-order valence-corrected chi connectivity index (χ4v) is 3.66. The molecule has 1 aliphatic heterocycles. The Morgan fingerprint density at radius 3 is 2.94 bits per heavy atom. The molecule has 1 unspecified atom stereocenters. The summed E-state index contributed by atoms with van der Waals surface area (Å²) < 4.78 is 0.